The van der Waals surface area contributed by atoms with Gasteiger partial charge in [-0.2, -0.15) is 0 Å². The average molecular weight is 330 g/mol. The first-order valence-electron chi connectivity index (χ1n) is 8.08. The van der Waals surface area contributed by atoms with Crippen LogP contribution in [0.4, 0.5) is 0 Å². The van der Waals surface area contributed by atoms with Gasteiger partial charge in [0.25, 0.3) is 0 Å². The monoisotopic (exact) mass is 330 g/mol. The number of hydrogen-bond acceptors (Lipinski definition) is 4. The summed E-state index contributed by atoms with van der Waals surface area (Å²) in [7, 11) is -4.13. The van der Waals surface area contributed by atoms with Crippen LogP contribution in [0.1, 0.15) is 84.0 Å². The Balaban J connectivity index is 0. The zero-order valence-electron chi connectivity index (χ0n) is 13.8. The van der Waals surface area contributed by atoms with E-state index in [0.717, 1.165) is 64.2 Å². The third kappa shape index (κ3) is 15.5. The Labute approximate surface area is 153 Å². The van der Waals surface area contributed by atoms with Crippen molar-refractivity contribution in [1.29, 1.82) is 0 Å². The summed E-state index contributed by atoms with van der Waals surface area (Å²) in [5.41, 5.74) is 0. The second-order valence-electron chi connectivity index (χ2n) is 5.60. The van der Waals surface area contributed by atoms with Gasteiger partial charge in [0, 0.05) is 11.9 Å². The van der Waals surface area contributed by atoms with Crippen molar-refractivity contribution in [3.8, 4) is 0 Å². The van der Waals surface area contributed by atoms with Crippen molar-refractivity contribution in [3.05, 3.63) is 0 Å². The van der Waals surface area contributed by atoms with Gasteiger partial charge in [0.1, 0.15) is 0 Å². The third-order valence-corrected chi connectivity index (χ3v) is 5.01. The summed E-state index contributed by atoms with van der Waals surface area (Å²) in [6.45, 7) is 2.33. The fourth-order valence-corrected chi connectivity index (χ4v) is 3.33. The predicted molar refractivity (Wildman–Crippen MR) is 81.6 cm³/mol. The molecule has 0 aliphatic carbocycles. The van der Waals surface area contributed by atoms with Crippen LogP contribution in [0.3, 0.4) is 0 Å². The van der Waals surface area contributed by atoms with Gasteiger partial charge in [-0.1, -0.05) is 64.7 Å². The molecule has 0 fully saturated rings. The van der Waals surface area contributed by atoms with E-state index in [0.29, 0.717) is 12.8 Å². The summed E-state index contributed by atoms with van der Waals surface area (Å²) in [4.78, 5) is 0. The third-order valence-electron chi connectivity index (χ3n) is 3.72. The molecule has 0 amide bonds. The Hall–Kier alpha value is 0.870. The van der Waals surface area contributed by atoms with Crippen molar-refractivity contribution in [3.63, 3.8) is 0 Å². The van der Waals surface area contributed by atoms with Gasteiger partial charge in [0.05, 0.1) is 10.1 Å². The van der Waals surface area contributed by atoms with Crippen LogP contribution < -0.4 is 29.6 Å². The second-order valence-corrected chi connectivity index (χ2v) is 7.25. The molecule has 122 valence electrons. The Bertz CT molecular complexity index is 307. The molecule has 0 aromatic rings. The minimum absolute atomic E-state index is 0. The first-order chi connectivity index (χ1) is 9.52. The molecule has 4 nitrogen and oxygen atoms in total. The molecule has 0 saturated carbocycles. The number of rotatable bonds is 14. The summed E-state index contributed by atoms with van der Waals surface area (Å²) in [6.07, 6.45) is 11.0. The molecule has 0 heterocycles. The number of hydrogen-bond donors (Lipinski definition) is 1. The Kier molecular flexibility index (Phi) is 18.1. The molecule has 0 bridgehead atoms. The quantitative estimate of drug-likeness (QED) is 0.287. The van der Waals surface area contributed by atoms with E-state index >= 15 is 0 Å². The van der Waals surface area contributed by atoms with Gasteiger partial charge in [-0.15, -0.1) is 0 Å². The Morgan fingerprint density at radius 1 is 0.857 bits per heavy atom. The van der Waals surface area contributed by atoms with Gasteiger partial charge in [-0.3, -0.25) is 0 Å². The van der Waals surface area contributed by atoms with Crippen LogP contribution in [0.2, 0.25) is 0 Å². The van der Waals surface area contributed by atoms with Crippen molar-refractivity contribution in [2.75, 3.05) is 6.61 Å². The maximum atomic E-state index is 11.2. The molecule has 6 heteroatoms. The minimum Gasteiger partial charge on any atom is -0.748 e. The molecule has 1 atom stereocenters. The van der Waals surface area contributed by atoms with E-state index in [4.69, 9.17) is 5.11 Å². The topological polar surface area (TPSA) is 77.4 Å². The molecule has 0 aromatic heterocycles. The smallest absolute Gasteiger partial charge is 0.748 e. The molecule has 0 radical (unpaired) electrons. The molecule has 0 aromatic carbocycles. The van der Waals surface area contributed by atoms with E-state index in [1.807, 2.05) is 0 Å². The Morgan fingerprint density at radius 2 is 1.29 bits per heavy atom. The summed E-state index contributed by atoms with van der Waals surface area (Å²) >= 11 is 0. The summed E-state index contributed by atoms with van der Waals surface area (Å²) in [5, 5.41) is 7.97. The van der Waals surface area contributed by atoms with Gasteiger partial charge in [-0.25, -0.2) is 8.42 Å². The molecule has 0 spiro atoms. The van der Waals surface area contributed by atoms with Crippen LogP contribution in [-0.4, -0.2) is 29.9 Å². The standard InChI is InChI=1S/C15H32O4S.Na/c1-2-3-9-12-15(20(17,18)19)13-10-7-5-4-6-8-11-14-16;/h15-16H,2-14H2,1H3,(H,17,18,19);/q;+1/p-1. The Morgan fingerprint density at radius 3 is 1.71 bits per heavy atom. The zero-order valence-corrected chi connectivity index (χ0v) is 16.7. The summed E-state index contributed by atoms with van der Waals surface area (Å²) in [5.74, 6) is 0. The predicted octanol–water partition coefficient (Wildman–Crippen LogP) is 0.598. The minimum atomic E-state index is -4.13. The summed E-state index contributed by atoms with van der Waals surface area (Å²) < 4.78 is 33.6. The number of aliphatic hydroxyl groups is 1. The fraction of sp³-hybridized carbons (Fsp3) is 1.00. The normalized spacial score (nSPS) is 12.9. The second kappa shape index (κ2) is 15.8. The molecule has 0 saturated heterocycles. The molecule has 0 rings (SSSR count). The molecule has 21 heavy (non-hydrogen) atoms. The molecular formula is C15H31NaO4S. The fourth-order valence-electron chi connectivity index (χ4n) is 2.42. The van der Waals surface area contributed by atoms with Crippen molar-refractivity contribution in [2.24, 2.45) is 0 Å². The van der Waals surface area contributed by atoms with Crippen LogP contribution in [0.15, 0.2) is 0 Å². The molecule has 0 aliphatic heterocycles. The molecule has 1 N–H and O–H groups in total. The van der Waals surface area contributed by atoms with Gasteiger partial charge < -0.3 is 9.66 Å². The average Bonchev–Trinajstić information content (AvgIpc) is 2.38. The van der Waals surface area contributed by atoms with Gasteiger partial charge in [0.2, 0.25) is 0 Å². The number of unbranched alkanes of at least 4 members (excludes halogenated alkanes) is 8. The van der Waals surface area contributed by atoms with Gasteiger partial charge in [-0.05, 0) is 19.3 Å². The zero-order chi connectivity index (χ0) is 15.3. The van der Waals surface area contributed by atoms with Crippen LogP contribution in [0.5, 0.6) is 0 Å². The molecule has 1 unspecified atom stereocenters. The van der Waals surface area contributed by atoms with E-state index in [-0.39, 0.29) is 36.2 Å². The van der Waals surface area contributed by atoms with E-state index in [9.17, 15) is 13.0 Å². The SMILES string of the molecule is CCCCCC(CCCCCCCCCO)S(=O)(=O)[O-].[Na+]. The maximum Gasteiger partial charge on any atom is 1.00 e. The first kappa shape index (κ1) is 24.1. The largest absolute Gasteiger partial charge is 1.00 e. The van der Waals surface area contributed by atoms with Crippen molar-refractivity contribution >= 4 is 10.1 Å². The van der Waals surface area contributed by atoms with E-state index in [1.165, 1.54) is 0 Å². The van der Waals surface area contributed by atoms with Gasteiger partial charge >= 0.3 is 29.6 Å². The van der Waals surface area contributed by atoms with E-state index < -0.39 is 15.4 Å². The van der Waals surface area contributed by atoms with Crippen molar-refractivity contribution in [2.45, 2.75) is 89.2 Å². The van der Waals surface area contributed by atoms with Crippen LogP contribution in [0.25, 0.3) is 0 Å². The van der Waals surface area contributed by atoms with E-state index in [2.05, 4.69) is 6.92 Å². The van der Waals surface area contributed by atoms with Crippen molar-refractivity contribution < 1.29 is 47.6 Å². The van der Waals surface area contributed by atoms with E-state index in [1.54, 1.807) is 0 Å². The van der Waals surface area contributed by atoms with Crippen LogP contribution in [0, 0.1) is 0 Å². The number of aliphatic hydroxyl groups excluding tert-OH is 1. The molecular weight excluding hydrogens is 299 g/mol. The summed E-state index contributed by atoms with van der Waals surface area (Å²) in [6, 6.07) is 0. The van der Waals surface area contributed by atoms with Crippen molar-refractivity contribution in [1.82, 2.24) is 0 Å². The maximum absolute atomic E-state index is 11.2. The van der Waals surface area contributed by atoms with Gasteiger partial charge in [0.15, 0.2) is 0 Å². The van der Waals surface area contributed by atoms with Crippen LogP contribution >= 0.6 is 0 Å². The first-order valence-corrected chi connectivity index (χ1v) is 9.55. The molecule has 0 aliphatic rings. The van der Waals surface area contributed by atoms with Crippen LogP contribution in [-0.2, 0) is 10.1 Å².